The SMILES string of the molecule is Cl.Cn1cc(NC(=O)c2cc(NC(=O)c3cc(NC(=O)c4nc5cc(N(CCCl)CCCl)ccc5n4C)cn3C)cn2C)cc1C(=O)NCCC(=N)N. The Morgan fingerprint density at radius 3 is 1.70 bits per heavy atom. The lowest BCUT2D eigenvalue weighted by Crippen LogP contribution is -2.28. The molecule has 16 nitrogen and oxygen atoms in total. The number of imidazole rings is 1. The lowest BCUT2D eigenvalue weighted by atomic mass is 10.2. The molecule has 5 rings (SSSR count). The van der Waals surface area contributed by atoms with E-state index < -0.39 is 17.7 Å². The van der Waals surface area contributed by atoms with Crippen molar-refractivity contribution in [1.29, 1.82) is 5.41 Å². The number of amides is 4. The van der Waals surface area contributed by atoms with Crippen molar-refractivity contribution in [1.82, 2.24) is 28.6 Å². The number of carbonyl (C=O) groups is 4. The first kappa shape index (κ1) is 40.3. The van der Waals surface area contributed by atoms with E-state index in [1.807, 2.05) is 18.2 Å². The van der Waals surface area contributed by atoms with Crippen molar-refractivity contribution in [2.75, 3.05) is 52.2 Å². The predicted molar refractivity (Wildman–Crippen MR) is 211 cm³/mol. The van der Waals surface area contributed by atoms with Gasteiger partial charge in [-0.1, -0.05) is 0 Å². The quantitative estimate of drug-likeness (QED) is 0.0521. The zero-order valence-electron chi connectivity index (χ0n) is 29.5. The third-order valence-electron chi connectivity index (χ3n) is 8.31. The Kier molecular flexibility index (Phi) is 13.2. The van der Waals surface area contributed by atoms with Crippen LogP contribution in [0.15, 0.2) is 55.0 Å². The van der Waals surface area contributed by atoms with E-state index in [4.69, 9.17) is 34.3 Å². The molecule has 19 heteroatoms. The fraction of sp³-hybridized carbons (Fsp3) is 0.294. The van der Waals surface area contributed by atoms with Crippen molar-refractivity contribution < 1.29 is 19.2 Å². The molecule has 0 atom stereocenters. The maximum atomic E-state index is 13.3. The third kappa shape index (κ3) is 9.32. The minimum Gasteiger partial charge on any atom is -0.388 e. The number of benzene rings is 1. The minimum atomic E-state index is -0.460. The second kappa shape index (κ2) is 17.4. The molecule has 0 radical (unpaired) electrons. The van der Waals surface area contributed by atoms with Gasteiger partial charge in [0.25, 0.3) is 23.6 Å². The first-order valence-electron chi connectivity index (χ1n) is 16.2. The number of aromatic nitrogens is 5. The maximum Gasteiger partial charge on any atom is 0.291 e. The van der Waals surface area contributed by atoms with Gasteiger partial charge in [0.2, 0.25) is 0 Å². The first-order valence-corrected chi connectivity index (χ1v) is 17.2. The van der Waals surface area contributed by atoms with Crippen LogP contribution < -0.4 is 31.9 Å². The molecule has 53 heavy (non-hydrogen) atoms. The Morgan fingerprint density at radius 2 is 1.23 bits per heavy atom. The fourth-order valence-electron chi connectivity index (χ4n) is 5.72. The van der Waals surface area contributed by atoms with Gasteiger partial charge in [-0.2, -0.15) is 0 Å². The number of amidine groups is 1. The number of carbonyl (C=O) groups excluding carboxylic acids is 4. The topological polar surface area (TPSA) is 202 Å². The lowest BCUT2D eigenvalue weighted by Gasteiger charge is -2.22. The second-order valence-corrected chi connectivity index (χ2v) is 12.9. The summed E-state index contributed by atoms with van der Waals surface area (Å²) < 4.78 is 6.41. The van der Waals surface area contributed by atoms with E-state index in [0.29, 0.717) is 53.1 Å². The number of nitrogens with two attached hydrogens (primary N) is 1. The molecular formula is C34H41Cl3N12O4. The number of rotatable bonds is 15. The predicted octanol–water partition coefficient (Wildman–Crippen LogP) is 4.11. The molecule has 0 aliphatic rings. The van der Waals surface area contributed by atoms with Gasteiger partial charge in [0, 0.05) is 90.3 Å². The minimum absolute atomic E-state index is 0. The highest BCUT2D eigenvalue weighted by atomic mass is 35.5. The Balaban J connectivity index is 0.00000627. The summed E-state index contributed by atoms with van der Waals surface area (Å²) in [5, 5.41) is 18.4. The number of aryl methyl sites for hydroxylation is 4. The summed E-state index contributed by atoms with van der Waals surface area (Å²) >= 11 is 12.0. The van der Waals surface area contributed by atoms with Crippen molar-refractivity contribution in [3.8, 4) is 0 Å². The first-order chi connectivity index (χ1) is 24.8. The van der Waals surface area contributed by atoms with E-state index in [-0.39, 0.29) is 54.3 Å². The highest BCUT2D eigenvalue weighted by Crippen LogP contribution is 2.24. The van der Waals surface area contributed by atoms with Gasteiger partial charge in [0.1, 0.15) is 17.1 Å². The van der Waals surface area contributed by atoms with Crippen molar-refractivity contribution in [2.24, 2.45) is 33.9 Å². The zero-order valence-corrected chi connectivity index (χ0v) is 31.8. The molecule has 4 heterocycles. The Hall–Kier alpha value is -5.45. The van der Waals surface area contributed by atoms with Crippen molar-refractivity contribution in [3.05, 3.63) is 77.9 Å². The second-order valence-electron chi connectivity index (χ2n) is 12.1. The third-order valence-corrected chi connectivity index (χ3v) is 8.65. The van der Waals surface area contributed by atoms with E-state index >= 15 is 0 Å². The van der Waals surface area contributed by atoms with Crippen LogP contribution in [0.4, 0.5) is 22.7 Å². The fourth-order valence-corrected chi connectivity index (χ4v) is 6.12. The summed E-state index contributed by atoms with van der Waals surface area (Å²) in [5.41, 5.74) is 9.65. The van der Waals surface area contributed by atoms with Crippen molar-refractivity contribution in [3.63, 3.8) is 0 Å². The summed E-state index contributed by atoms with van der Waals surface area (Å²) in [7, 11) is 6.77. The average Bonchev–Trinajstić information content (AvgIpc) is 3.84. The molecule has 0 saturated heterocycles. The summed E-state index contributed by atoms with van der Waals surface area (Å²) in [6, 6.07) is 10.3. The molecule has 1 aromatic carbocycles. The molecule has 0 fully saturated rings. The van der Waals surface area contributed by atoms with E-state index in [9.17, 15) is 19.2 Å². The van der Waals surface area contributed by atoms with Crippen LogP contribution in [0.5, 0.6) is 0 Å². The largest absolute Gasteiger partial charge is 0.388 e. The van der Waals surface area contributed by atoms with Crippen LogP contribution in [0, 0.1) is 5.41 Å². The van der Waals surface area contributed by atoms with Crippen LogP contribution in [0.2, 0.25) is 0 Å². The zero-order chi connectivity index (χ0) is 37.7. The summed E-state index contributed by atoms with van der Waals surface area (Å²) in [6.45, 7) is 1.45. The summed E-state index contributed by atoms with van der Waals surface area (Å²) in [4.78, 5) is 58.9. The maximum absolute atomic E-state index is 13.3. The van der Waals surface area contributed by atoms with Gasteiger partial charge in [0.15, 0.2) is 5.82 Å². The highest BCUT2D eigenvalue weighted by Gasteiger charge is 2.21. The number of nitrogens with one attached hydrogen (secondary N) is 5. The Morgan fingerprint density at radius 1 is 0.755 bits per heavy atom. The average molecular weight is 788 g/mol. The Labute approximate surface area is 321 Å². The number of fused-ring (bicyclic) bond motifs is 1. The molecule has 0 aliphatic heterocycles. The molecule has 4 amide bonds. The summed E-state index contributed by atoms with van der Waals surface area (Å²) in [5.74, 6) is -0.695. The van der Waals surface area contributed by atoms with Crippen LogP contribution in [0.3, 0.4) is 0 Å². The number of hydrogen-bond donors (Lipinski definition) is 6. The van der Waals surface area contributed by atoms with Crippen LogP contribution in [-0.4, -0.2) is 84.1 Å². The highest BCUT2D eigenvalue weighted by molar-refractivity contribution is 6.18. The molecule has 5 aromatic rings. The molecule has 0 aliphatic carbocycles. The molecule has 0 saturated carbocycles. The van der Waals surface area contributed by atoms with Gasteiger partial charge in [-0.05, 0) is 36.4 Å². The number of alkyl halides is 2. The molecular weight excluding hydrogens is 747 g/mol. The molecule has 4 aromatic heterocycles. The number of halogens is 3. The van der Waals surface area contributed by atoms with Crippen LogP contribution >= 0.6 is 35.6 Å². The Bertz CT molecular complexity index is 2160. The smallest absolute Gasteiger partial charge is 0.291 e. The number of hydrogen-bond acceptors (Lipinski definition) is 7. The lowest BCUT2D eigenvalue weighted by molar-refractivity contribution is 0.0944. The van der Waals surface area contributed by atoms with Gasteiger partial charge in [-0.15, -0.1) is 35.6 Å². The molecule has 7 N–H and O–H groups in total. The van der Waals surface area contributed by atoms with E-state index in [0.717, 1.165) is 11.2 Å². The van der Waals surface area contributed by atoms with Crippen LogP contribution in [-0.2, 0) is 28.2 Å². The van der Waals surface area contributed by atoms with Crippen molar-refractivity contribution in [2.45, 2.75) is 6.42 Å². The van der Waals surface area contributed by atoms with Crippen LogP contribution in [0.1, 0.15) is 48.5 Å². The van der Waals surface area contributed by atoms with Gasteiger partial charge >= 0.3 is 0 Å². The van der Waals surface area contributed by atoms with E-state index in [1.54, 1.807) is 71.1 Å². The standard InChI is InChI=1S/C34H40Cl2N12O4.ClH/c1-44-17-20(13-26(44)31(49)39-10-7-29(37)38)40-32(50)27-14-21(18-45(27)2)41-33(51)28-15-22(19-46(28)3)42-34(52)30-43-24-16-23(5-6-25(24)47(30)4)48(11-8-35)12-9-36;/h5-6,13-19H,7-12H2,1-4H3,(H3,37,38)(H,39,49)(H,40,50)(H,41,51)(H,42,52);1H. The van der Waals surface area contributed by atoms with Crippen molar-refractivity contribution >= 4 is 98.9 Å². The molecule has 0 unspecified atom stereocenters. The molecule has 0 bridgehead atoms. The van der Waals surface area contributed by atoms with Gasteiger partial charge < -0.3 is 50.2 Å². The normalized spacial score (nSPS) is 10.8. The monoisotopic (exact) mass is 786 g/mol. The molecule has 282 valence electrons. The van der Waals surface area contributed by atoms with E-state index in [2.05, 4.69) is 31.2 Å². The summed E-state index contributed by atoms with van der Waals surface area (Å²) in [6.07, 6.45) is 5.04. The number of anilines is 4. The number of nitrogens with zero attached hydrogens (tertiary/aromatic N) is 6. The van der Waals surface area contributed by atoms with Gasteiger partial charge in [-0.3, -0.25) is 24.6 Å². The van der Waals surface area contributed by atoms with E-state index in [1.165, 1.54) is 12.1 Å². The van der Waals surface area contributed by atoms with Crippen LogP contribution in [0.25, 0.3) is 11.0 Å². The molecule has 0 spiro atoms. The van der Waals surface area contributed by atoms with Gasteiger partial charge in [0.05, 0.1) is 33.9 Å². The van der Waals surface area contributed by atoms with Gasteiger partial charge in [-0.25, -0.2) is 4.98 Å².